The van der Waals surface area contributed by atoms with E-state index in [1.165, 1.54) is 6.92 Å². The molecule has 0 aromatic heterocycles. The molecule has 0 spiro atoms. The van der Waals surface area contributed by atoms with E-state index in [1.807, 2.05) is 0 Å². The first-order valence-corrected chi connectivity index (χ1v) is 7.31. The Morgan fingerprint density at radius 1 is 1.21 bits per heavy atom. The van der Waals surface area contributed by atoms with Crippen LogP contribution in [0.1, 0.15) is 24.8 Å². The zero-order valence-corrected chi connectivity index (χ0v) is 13.8. The summed E-state index contributed by atoms with van der Waals surface area (Å²) in [4.78, 5) is 36.5. The van der Waals surface area contributed by atoms with Gasteiger partial charge in [0.25, 0.3) is 0 Å². The van der Waals surface area contributed by atoms with Gasteiger partial charge in [0.2, 0.25) is 5.54 Å². The van der Waals surface area contributed by atoms with E-state index in [0.29, 0.717) is 5.56 Å². The summed E-state index contributed by atoms with van der Waals surface area (Å²) in [6.07, 6.45) is -0.205. The van der Waals surface area contributed by atoms with Crippen molar-refractivity contribution < 1.29 is 24.0 Å². The van der Waals surface area contributed by atoms with Crippen molar-refractivity contribution >= 4 is 11.9 Å². The summed E-state index contributed by atoms with van der Waals surface area (Å²) in [5.74, 6) is -2.82. The van der Waals surface area contributed by atoms with Crippen LogP contribution >= 0.6 is 0 Å². The van der Waals surface area contributed by atoms with Crippen LogP contribution in [-0.2, 0) is 19.1 Å². The SMILES string of the molecule is C=C1CC(C(=O)OC)(C(=O)OC)[C@H](c2ccccc2)[C@@]1(C)[N+](=O)[O-]. The second-order valence-corrected chi connectivity index (χ2v) is 5.98. The minimum Gasteiger partial charge on any atom is -0.468 e. The van der Waals surface area contributed by atoms with Crippen LogP contribution in [0.3, 0.4) is 0 Å². The Bertz CT molecular complexity index is 682. The second-order valence-electron chi connectivity index (χ2n) is 5.98. The highest BCUT2D eigenvalue weighted by Crippen LogP contribution is 2.59. The van der Waals surface area contributed by atoms with Crippen molar-refractivity contribution in [1.82, 2.24) is 0 Å². The fraction of sp³-hybridized carbons (Fsp3) is 0.412. The molecule has 0 aliphatic heterocycles. The van der Waals surface area contributed by atoms with E-state index >= 15 is 0 Å². The molecule has 1 aromatic carbocycles. The van der Waals surface area contributed by atoms with Crippen LogP contribution in [0.25, 0.3) is 0 Å². The molecule has 0 unspecified atom stereocenters. The van der Waals surface area contributed by atoms with Gasteiger partial charge in [0.1, 0.15) is 0 Å². The molecular weight excluding hydrogens is 314 g/mol. The van der Waals surface area contributed by atoms with Crippen molar-refractivity contribution in [3.63, 3.8) is 0 Å². The average molecular weight is 333 g/mol. The van der Waals surface area contributed by atoms with Gasteiger partial charge in [-0.3, -0.25) is 19.7 Å². The minimum atomic E-state index is -1.84. The van der Waals surface area contributed by atoms with Crippen LogP contribution in [0.2, 0.25) is 0 Å². The van der Waals surface area contributed by atoms with E-state index in [-0.39, 0.29) is 12.0 Å². The second kappa shape index (κ2) is 6.07. The van der Waals surface area contributed by atoms with Crippen LogP contribution < -0.4 is 0 Å². The van der Waals surface area contributed by atoms with E-state index < -0.39 is 33.7 Å². The maximum atomic E-state index is 12.6. The first kappa shape index (κ1) is 17.7. The van der Waals surface area contributed by atoms with Crippen molar-refractivity contribution in [2.24, 2.45) is 5.41 Å². The van der Waals surface area contributed by atoms with Gasteiger partial charge in [-0.15, -0.1) is 0 Å². The van der Waals surface area contributed by atoms with Gasteiger partial charge in [0, 0.05) is 23.8 Å². The maximum Gasteiger partial charge on any atom is 0.324 e. The Kier molecular flexibility index (Phi) is 4.46. The molecule has 1 aliphatic rings. The fourth-order valence-electron chi connectivity index (χ4n) is 3.62. The number of nitrogens with zero attached hydrogens (tertiary/aromatic N) is 1. The summed E-state index contributed by atoms with van der Waals surface area (Å²) in [7, 11) is 2.28. The minimum absolute atomic E-state index is 0.178. The number of methoxy groups -OCH3 is 2. The van der Waals surface area contributed by atoms with Crippen molar-refractivity contribution in [3.05, 3.63) is 58.2 Å². The molecule has 0 saturated heterocycles. The van der Waals surface area contributed by atoms with E-state index in [1.54, 1.807) is 30.3 Å². The fourth-order valence-corrected chi connectivity index (χ4v) is 3.62. The predicted molar refractivity (Wildman–Crippen MR) is 84.8 cm³/mol. The molecule has 1 aromatic rings. The van der Waals surface area contributed by atoms with Gasteiger partial charge in [-0.05, 0) is 5.56 Å². The van der Waals surface area contributed by atoms with E-state index in [4.69, 9.17) is 9.47 Å². The number of carbonyl (C=O) groups is 2. The van der Waals surface area contributed by atoms with Crippen LogP contribution in [0, 0.1) is 15.5 Å². The third-order valence-electron chi connectivity index (χ3n) is 4.87. The molecular formula is C17H19NO6. The van der Waals surface area contributed by atoms with Gasteiger partial charge in [-0.1, -0.05) is 36.9 Å². The van der Waals surface area contributed by atoms with Crippen molar-refractivity contribution in [2.75, 3.05) is 14.2 Å². The molecule has 7 heteroatoms. The highest BCUT2D eigenvalue weighted by molar-refractivity contribution is 6.03. The number of nitro groups is 1. The number of carbonyl (C=O) groups excluding carboxylic acids is 2. The van der Waals surface area contributed by atoms with Gasteiger partial charge in [0.05, 0.1) is 20.1 Å². The molecule has 0 amide bonds. The topological polar surface area (TPSA) is 95.7 Å². The molecule has 128 valence electrons. The summed E-state index contributed by atoms with van der Waals surface area (Å²) in [6, 6.07) is 8.41. The zero-order valence-electron chi connectivity index (χ0n) is 13.8. The first-order chi connectivity index (χ1) is 11.3. The molecule has 0 heterocycles. The predicted octanol–water partition coefficient (Wildman–Crippen LogP) is 2.10. The van der Waals surface area contributed by atoms with Crippen LogP contribution in [0.5, 0.6) is 0 Å². The number of benzene rings is 1. The molecule has 1 saturated carbocycles. The Hall–Kier alpha value is -2.70. The standard InChI is InChI=1S/C17H19NO6/c1-11-10-17(14(19)23-3,15(20)24-4)13(16(11,2)18(21)22)12-8-6-5-7-9-12/h5-9,13H,1,10H2,2-4H3/t13-,16+/m1/s1. The first-order valence-electron chi connectivity index (χ1n) is 7.31. The number of esters is 2. The Labute approximate surface area is 139 Å². The van der Waals surface area contributed by atoms with E-state index in [9.17, 15) is 19.7 Å². The quantitative estimate of drug-likeness (QED) is 0.275. The summed E-state index contributed by atoms with van der Waals surface area (Å²) in [5.41, 5.74) is -2.89. The lowest BCUT2D eigenvalue weighted by molar-refractivity contribution is -0.556. The maximum absolute atomic E-state index is 12.6. The van der Waals surface area contributed by atoms with Crippen molar-refractivity contribution in [2.45, 2.75) is 24.8 Å². The van der Waals surface area contributed by atoms with Crippen molar-refractivity contribution in [3.8, 4) is 0 Å². The lowest BCUT2D eigenvalue weighted by Gasteiger charge is -2.33. The Morgan fingerprint density at radius 3 is 2.12 bits per heavy atom. The number of hydrogen-bond donors (Lipinski definition) is 0. The molecule has 24 heavy (non-hydrogen) atoms. The molecule has 1 aliphatic carbocycles. The molecule has 0 N–H and O–H groups in total. The monoisotopic (exact) mass is 333 g/mol. The molecule has 2 atom stereocenters. The highest BCUT2D eigenvalue weighted by atomic mass is 16.6. The van der Waals surface area contributed by atoms with Crippen LogP contribution in [0.15, 0.2) is 42.5 Å². The van der Waals surface area contributed by atoms with Gasteiger partial charge in [-0.2, -0.15) is 0 Å². The normalized spacial score (nSPS) is 25.1. The summed E-state index contributed by atoms with van der Waals surface area (Å²) >= 11 is 0. The largest absolute Gasteiger partial charge is 0.468 e. The number of hydrogen-bond acceptors (Lipinski definition) is 6. The van der Waals surface area contributed by atoms with Gasteiger partial charge < -0.3 is 9.47 Å². The third-order valence-corrected chi connectivity index (χ3v) is 4.87. The van der Waals surface area contributed by atoms with Gasteiger partial charge >= 0.3 is 11.9 Å². The molecule has 0 bridgehead atoms. The lowest BCUT2D eigenvalue weighted by atomic mass is 9.69. The number of rotatable bonds is 4. The average Bonchev–Trinajstić information content (AvgIpc) is 2.84. The smallest absolute Gasteiger partial charge is 0.324 e. The Balaban J connectivity index is 2.83. The lowest BCUT2D eigenvalue weighted by Crippen LogP contribution is -2.50. The number of ether oxygens (including phenoxy) is 2. The van der Waals surface area contributed by atoms with Crippen LogP contribution in [-0.4, -0.2) is 36.6 Å². The van der Waals surface area contributed by atoms with E-state index in [2.05, 4.69) is 6.58 Å². The summed E-state index contributed by atoms with van der Waals surface area (Å²) < 4.78 is 9.66. The zero-order chi connectivity index (χ0) is 18.1. The molecule has 2 rings (SSSR count). The van der Waals surface area contributed by atoms with E-state index in [0.717, 1.165) is 14.2 Å². The highest BCUT2D eigenvalue weighted by Gasteiger charge is 2.72. The van der Waals surface area contributed by atoms with Crippen LogP contribution in [0.4, 0.5) is 0 Å². The van der Waals surface area contributed by atoms with Gasteiger partial charge in [-0.25, -0.2) is 0 Å². The van der Waals surface area contributed by atoms with Crippen molar-refractivity contribution in [1.29, 1.82) is 0 Å². The third kappa shape index (κ3) is 2.19. The molecule has 1 fully saturated rings. The molecule has 0 radical (unpaired) electrons. The summed E-state index contributed by atoms with van der Waals surface area (Å²) in [5, 5.41) is 11.9. The Morgan fingerprint density at radius 2 is 1.71 bits per heavy atom. The van der Waals surface area contributed by atoms with Gasteiger partial charge in [0.15, 0.2) is 5.41 Å². The summed E-state index contributed by atoms with van der Waals surface area (Å²) in [6.45, 7) is 5.15. The molecule has 7 nitrogen and oxygen atoms in total.